The molecule has 0 spiro atoms. The van der Waals surface area contributed by atoms with Crippen molar-refractivity contribution in [3.05, 3.63) is 59.3 Å². The lowest BCUT2D eigenvalue weighted by molar-refractivity contribution is -0.137. The molecule has 9 nitrogen and oxygen atoms in total. The second-order valence-electron chi connectivity index (χ2n) is 5.93. The Hall–Kier alpha value is -4.01. The molecule has 2 aromatic carbocycles. The number of rotatable bonds is 9. The standard InChI is InChI=1S/C21H22N2O7/c1-28-15-7-4-13(5-8-15)10-16(21(27)22-12-19(24)25)23-20(26)14-6-9-17(29-2)18(11-14)30-3/h4-11H,12H2,1-3H3,(H,22,27)(H,23,26)(H,24,25)/b16-10-. The smallest absolute Gasteiger partial charge is 0.322 e. The Morgan fingerprint density at radius 2 is 1.60 bits per heavy atom. The normalized spacial score (nSPS) is 10.7. The molecule has 30 heavy (non-hydrogen) atoms. The van der Waals surface area contributed by atoms with E-state index in [9.17, 15) is 14.4 Å². The first-order valence-corrected chi connectivity index (χ1v) is 8.77. The van der Waals surface area contributed by atoms with Crippen LogP contribution in [0.25, 0.3) is 6.08 Å². The molecule has 0 aromatic heterocycles. The molecule has 0 saturated heterocycles. The number of amides is 2. The molecular formula is C21H22N2O7. The highest BCUT2D eigenvalue weighted by molar-refractivity contribution is 6.06. The second-order valence-corrected chi connectivity index (χ2v) is 5.93. The number of carbonyl (C=O) groups is 3. The zero-order valence-electron chi connectivity index (χ0n) is 16.7. The summed E-state index contributed by atoms with van der Waals surface area (Å²) in [6.45, 7) is -0.592. The zero-order valence-corrected chi connectivity index (χ0v) is 16.7. The van der Waals surface area contributed by atoms with Gasteiger partial charge < -0.3 is 30.0 Å². The van der Waals surface area contributed by atoms with Crippen molar-refractivity contribution in [3.63, 3.8) is 0 Å². The molecular weight excluding hydrogens is 392 g/mol. The highest BCUT2D eigenvalue weighted by Gasteiger charge is 2.17. The van der Waals surface area contributed by atoms with Gasteiger partial charge in [0.15, 0.2) is 11.5 Å². The van der Waals surface area contributed by atoms with E-state index in [2.05, 4.69) is 10.6 Å². The number of aliphatic carboxylic acids is 1. The van der Waals surface area contributed by atoms with Crippen molar-refractivity contribution < 1.29 is 33.7 Å². The molecule has 9 heteroatoms. The van der Waals surface area contributed by atoms with Crippen molar-refractivity contribution in [2.24, 2.45) is 0 Å². The lowest BCUT2D eigenvalue weighted by Crippen LogP contribution is -2.37. The van der Waals surface area contributed by atoms with Gasteiger partial charge in [0.2, 0.25) is 0 Å². The van der Waals surface area contributed by atoms with Gasteiger partial charge in [-0.2, -0.15) is 0 Å². The molecule has 0 unspecified atom stereocenters. The van der Waals surface area contributed by atoms with E-state index in [-0.39, 0.29) is 11.3 Å². The summed E-state index contributed by atoms with van der Waals surface area (Å²) in [5, 5.41) is 13.5. The summed E-state index contributed by atoms with van der Waals surface area (Å²) in [5.41, 5.74) is 0.699. The van der Waals surface area contributed by atoms with Gasteiger partial charge in [-0.3, -0.25) is 14.4 Å². The van der Waals surface area contributed by atoms with Gasteiger partial charge in [-0.15, -0.1) is 0 Å². The van der Waals surface area contributed by atoms with Crippen LogP contribution in [0.5, 0.6) is 17.2 Å². The molecule has 2 amide bonds. The Labute approximate surface area is 173 Å². The van der Waals surface area contributed by atoms with Crippen LogP contribution < -0.4 is 24.8 Å². The van der Waals surface area contributed by atoms with Crippen molar-refractivity contribution in [2.75, 3.05) is 27.9 Å². The number of benzene rings is 2. The highest BCUT2D eigenvalue weighted by Crippen LogP contribution is 2.27. The summed E-state index contributed by atoms with van der Waals surface area (Å²) in [6, 6.07) is 11.3. The molecule has 0 heterocycles. The predicted molar refractivity (Wildman–Crippen MR) is 109 cm³/mol. The maximum atomic E-state index is 12.7. The summed E-state index contributed by atoms with van der Waals surface area (Å²) in [7, 11) is 4.44. The second kappa shape index (κ2) is 10.5. The van der Waals surface area contributed by atoms with Gasteiger partial charge in [-0.05, 0) is 42.0 Å². The van der Waals surface area contributed by atoms with E-state index < -0.39 is 24.3 Å². The number of hydrogen-bond acceptors (Lipinski definition) is 6. The molecule has 0 bridgehead atoms. The van der Waals surface area contributed by atoms with E-state index >= 15 is 0 Å². The van der Waals surface area contributed by atoms with Crippen molar-refractivity contribution >= 4 is 23.9 Å². The first-order chi connectivity index (χ1) is 14.4. The third-order valence-electron chi connectivity index (χ3n) is 3.97. The average molecular weight is 414 g/mol. The van der Waals surface area contributed by atoms with Crippen LogP contribution in [0.2, 0.25) is 0 Å². The lowest BCUT2D eigenvalue weighted by Gasteiger charge is -2.12. The third-order valence-corrected chi connectivity index (χ3v) is 3.97. The molecule has 0 aliphatic rings. The Balaban J connectivity index is 2.31. The number of methoxy groups -OCH3 is 3. The Kier molecular flexibility index (Phi) is 7.81. The summed E-state index contributed by atoms with van der Waals surface area (Å²) in [5.74, 6) is -1.12. The Morgan fingerprint density at radius 3 is 2.17 bits per heavy atom. The van der Waals surface area contributed by atoms with E-state index in [4.69, 9.17) is 19.3 Å². The molecule has 2 aromatic rings. The molecule has 2 rings (SSSR count). The van der Waals surface area contributed by atoms with Gasteiger partial charge in [0.05, 0.1) is 21.3 Å². The quantitative estimate of drug-likeness (QED) is 0.534. The monoisotopic (exact) mass is 414 g/mol. The lowest BCUT2D eigenvalue weighted by atomic mass is 10.1. The van der Waals surface area contributed by atoms with Gasteiger partial charge >= 0.3 is 5.97 Å². The molecule has 0 aliphatic carbocycles. The fourth-order valence-corrected chi connectivity index (χ4v) is 2.45. The molecule has 0 aliphatic heterocycles. The van der Waals surface area contributed by atoms with Crippen LogP contribution in [-0.2, 0) is 9.59 Å². The number of carboxylic acid groups (broad SMARTS) is 1. The third kappa shape index (κ3) is 5.99. The Morgan fingerprint density at radius 1 is 0.933 bits per heavy atom. The number of nitrogens with one attached hydrogen (secondary N) is 2. The highest BCUT2D eigenvalue weighted by atomic mass is 16.5. The van der Waals surface area contributed by atoms with Crippen molar-refractivity contribution in [3.8, 4) is 17.2 Å². The van der Waals surface area contributed by atoms with Crippen LogP contribution in [0.1, 0.15) is 15.9 Å². The minimum atomic E-state index is -1.21. The minimum absolute atomic E-state index is 0.124. The number of carboxylic acids is 1. The summed E-state index contributed by atoms with van der Waals surface area (Å²) in [4.78, 5) is 35.9. The van der Waals surface area contributed by atoms with Crippen LogP contribution in [0.15, 0.2) is 48.2 Å². The summed E-state index contributed by atoms with van der Waals surface area (Å²) in [6.07, 6.45) is 1.43. The molecule has 0 saturated carbocycles. The minimum Gasteiger partial charge on any atom is -0.497 e. The van der Waals surface area contributed by atoms with Crippen LogP contribution >= 0.6 is 0 Å². The largest absolute Gasteiger partial charge is 0.497 e. The van der Waals surface area contributed by atoms with Gasteiger partial charge in [0, 0.05) is 5.56 Å². The van der Waals surface area contributed by atoms with Crippen LogP contribution in [0.4, 0.5) is 0 Å². The van der Waals surface area contributed by atoms with Crippen molar-refractivity contribution in [2.45, 2.75) is 0 Å². The van der Waals surface area contributed by atoms with Crippen LogP contribution in [-0.4, -0.2) is 50.8 Å². The van der Waals surface area contributed by atoms with Gasteiger partial charge in [-0.1, -0.05) is 12.1 Å². The first-order valence-electron chi connectivity index (χ1n) is 8.77. The van der Waals surface area contributed by atoms with Gasteiger partial charge in [0.1, 0.15) is 18.0 Å². The fraction of sp³-hybridized carbons (Fsp3) is 0.190. The van der Waals surface area contributed by atoms with Crippen LogP contribution in [0, 0.1) is 0 Å². The Bertz CT molecular complexity index is 952. The van der Waals surface area contributed by atoms with E-state index in [0.717, 1.165) is 0 Å². The SMILES string of the molecule is COc1ccc(/C=C(\NC(=O)c2ccc(OC)c(OC)c2)C(=O)NCC(=O)O)cc1. The number of ether oxygens (including phenoxy) is 3. The van der Waals surface area contributed by atoms with Gasteiger partial charge in [-0.25, -0.2) is 0 Å². The fourth-order valence-electron chi connectivity index (χ4n) is 2.45. The summed E-state index contributed by atoms with van der Waals surface area (Å²) >= 11 is 0. The molecule has 158 valence electrons. The van der Waals surface area contributed by atoms with E-state index in [1.807, 2.05) is 0 Å². The van der Waals surface area contributed by atoms with Crippen LogP contribution in [0.3, 0.4) is 0 Å². The summed E-state index contributed by atoms with van der Waals surface area (Å²) < 4.78 is 15.4. The predicted octanol–water partition coefficient (Wildman–Crippen LogP) is 1.68. The topological polar surface area (TPSA) is 123 Å². The molecule has 0 atom stereocenters. The molecule has 0 radical (unpaired) electrons. The molecule has 0 fully saturated rings. The van der Waals surface area contributed by atoms with E-state index in [1.54, 1.807) is 30.3 Å². The maximum absolute atomic E-state index is 12.7. The number of hydrogen-bond donors (Lipinski definition) is 3. The van der Waals surface area contributed by atoms with E-state index in [1.165, 1.54) is 39.5 Å². The van der Waals surface area contributed by atoms with Crippen molar-refractivity contribution in [1.29, 1.82) is 0 Å². The van der Waals surface area contributed by atoms with E-state index in [0.29, 0.717) is 22.8 Å². The number of carbonyl (C=O) groups excluding carboxylic acids is 2. The molecule has 3 N–H and O–H groups in total. The van der Waals surface area contributed by atoms with Gasteiger partial charge in [0.25, 0.3) is 11.8 Å². The maximum Gasteiger partial charge on any atom is 0.322 e. The first kappa shape index (κ1) is 22.3. The van der Waals surface area contributed by atoms with Crippen molar-refractivity contribution in [1.82, 2.24) is 10.6 Å². The zero-order chi connectivity index (χ0) is 22.1. The average Bonchev–Trinajstić information content (AvgIpc) is 2.76.